The molecule has 5 aliphatic rings. The van der Waals surface area contributed by atoms with Crippen molar-refractivity contribution in [3.8, 4) is 0 Å². The number of para-hydroxylation sites is 1. The van der Waals surface area contributed by atoms with Crippen LogP contribution in [0.2, 0.25) is 0 Å². The zero-order chi connectivity index (χ0) is 28.0. The molecule has 40 heavy (non-hydrogen) atoms. The van der Waals surface area contributed by atoms with Crippen LogP contribution < -0.4 is 10.6 Å². The van der Waals surface area contributed by atoms with Gasteiger partial charge in [-0.1, -0.05) is 24.3 Å². The van der Waals surface area contributed by atoms with Crippen molar-refractivity contribution < 1.29 is 24.3 Å². The molecule has 4 saturated carbocycles. The minimum absolute atomic E-state index is 0.0220. The van der Waals surface area contributed by atoms with Crippen LogP contribution in [-0.2, 0) is 20.9 Å². The van der Waals surface area contributed by atoms with Crippen LogP contribution in [0.5, 0.6) is 0 Å². The Labute approximate surface area is 234 Å². The number of carbonyl (C=O) groups is 4. The molecule has 1 aliphatic heterocycles. The second-order valence-electron chi connectivity index (χ2n) is 12.7. The zero-order valence-corrected chi connectivity index (χ0v) is 22.8. The maximum Gasteiger partial charge on any atom is 0.312 e. The van der Waals surface area contributed by atoms with E-state index in [4.69, 9.17) is 5.73 Å². The third-order valence-electron chi connectivity index (χ3n) is 9.71. The Kier molecular flexibility index (Phi) is 6.88. The van der Waals surface area contributed by atoms with Crippen LogP contribution in [0.4, 0.5) is 11.4 Å². The molecule has 8 heteroatoms. The van der Waals surface area contributed by atoms with Crippen molar-refractivity contribution in [2.75, 3.05) is 17.2 Å². The number of anilines is 2. The average Bonchev–Trinajstić information content (AvgIpc) is 2.92. The number of hydrogen-bond acceptors (Lipinski definition) is 5. The fourth-order valence-electron chi connectivity index (χ4n) is 8.60. The highest BCUT2D eigenvalue weighted by molar-refractivity contribution is 6.08. The third kappa shape index (κ3) is 5.11. The van der Waals surface area contributed by atoms with Crippen molar-refractivity contribution in [1.29, 1.82) is 0 Å². The van der Waals surface area contributed by atoms with Gasteiger partial charge in [0.15, 0.2) is 5.78 Å². The molecule has 3 N–H and O–H groups in total. The number of carbonyl (C=O) groups excluding carboxylic acids is 3. The number of benzene rings is 2. The Morgan fingerprint density at radius 3 is 2.27 bits per heavy atom. The van der Waals surface area contributed by atoms with E-state index in [9.17, 15) is 24.3 Å². The summed E-state index contributed by atoms with van der Waals surface area (Å²) in [5, 5.41) is 9.50. The summed E-state index contributed by atoms with van der Waals surface area (Å²) in [6.07, 6.45) is 6.73. The van der Waals surface area contributed by atoms with E-state index in [0.29, 0.717) is 41.1 Å². The summed E-state index contributed by atoms with van der Waals surface area (Å²) in [6, 6.07) is 13.6. The van der Waals surface area contributed by atoms with E-state index in [1.165, 1.54) is 24.2 Å². The van der Waals surface area contributed by atoms with E-state index in [1.54, 1.807) is 29.2 Å². The average molecular weight is 544 g/mol. The number of fused-ring (bicyclic) bond motifs is 1. The molecule has 0 radical (unpaired) electrons. The van der Waals surface area contributed by atoms with Gasteiger partial charge in [0.1, 0.15) is 12.5 Å². The minimum atomic E-state index is -1.24. The molecule has 0 aromatic heterocycles. The smallest absolute Gasteiger partial charge is 0.312 e. The highest BCUT2D eigenvalue weighted by atomic mass is 16.4. The number of Topliss-reactive ketones (excluding diaryl/α,β-unsaturated/α-hetero) is 1. The van der Waals surface area contributed by atoms with Gasteiger partial charge in [-0.05, 0) is 97.9 Å². The standard InChI is InChI=1S/C32H37N3O5/c33-24-5-3-4-20(13-24)19-35-26-7-2-1-6-25(26)28(36)8-9-34(29(37)14-30(38)39)27(31(35)40)18-32-15-21-10-22(16-32)12-23(11-21)17-32/h1-7,13,21-23,27H,8-12,14-19,33H2,(H,38,39)/t21?,22?,23?,27-,32?/m1/s1. The lowest BCUT2D eigenvalue weighted by molar-refractivity contribution is -0.149. The Morgan fingerprint density at radius 1 is 0.950 bits per heavy atom. The number of ketones is 1. The lowest BCUT2D eigenvalue weighted by Crippen LogP contribution is -2.56. The van der Waals surface area contributed by atoms with Gasteiger partial charge in [0.2, 0.25) is 11.8 Å². The molecule has 8 nitrogen and oxygen atoms in total. The normalized spacial score (nSPS) is 29.5. The largest absolute Gasteiger partial charge is 0.481 e. The van der Waals surface area contributed by atoms with E-state index < -0.39 is 24.3 Å². The molecule has 2 aromatic carbocycles. The number of rotatable bonds is 6. The molecule has 7 rings (SSSR count). The Bertz CT molecular complexity index is 1320. The van der Waals surface area contributed by atoms with Crippen LogP contribution in [0, 0.1) is 23.2 Å². The van der Waals surface area contributed by atoms with Crippen molar-refractivity contribution in [2.24, 2.45) is 23.2 Å². The monoisotopic (exact) mass is 543 g/mol. The second-order valence-corrected chi connectivity index (χ2v) is 12.7. The van der Waals surface area contributed by atoms with Crippen molar-refractivity contribution in [3.05, 3.63) is 59.7 Å². The van der Waals surface area contributed by atoms with Crippen molar-refractivity contribution in [1.82, 2.24) is 4.90 Å². The number of aliphatic carboxylic acids is 1. The third-order valence-corrected chi connectivity index (χ3v) is 9.71. The number of hydrogen-bond donors (Lipinski definition) is 2. The first-order chi connectivity index (χ1) is 19.2. The maximum atomic E-state index is 14.8. The summed E-state index contributed by atoms with van der Waals surface area (Å²) in [4.78, 5) is 56.4. The minimum Gasteiger partial charge on any atom is -0.481 e. The van der Waals surface area contributed by atoms with E-state index >= 15 is 0 Å². The Hall–Kier alpha value is -3.68. The van der Waals surface area contributed by atoms with Crippen molar-refractivity contribution >= 4 is 34.9 Å². The van der Waals surface area contributed by atoms with Gasteiger partial charge in [-0.25, -0.2) is 0 Å². The molecule has 0 spiro atoms. The predicted octanol–water partition coefficient (Wildman–Crippen LogP) is 4.67. The number of nitrogen functional groups attached to an aromatic ring is 1. The van der Waals surface area contributed by atoms with E-state index in [2.05, 4.69) is 0 Å². The summed E-state index contributed by atoms with van der Waals surface area (Å²) in [5.74, 6) is -0.316. The van der Waals surface area contributed by atoms with Gasteiger partial charge in [0.25, 0.3) is 0 Å². The van der Waals surface area contributed by atoms with E-state index in [0.717, 1.165) is 24.8 Å². The molecule has 1 atom stereocenters. The summed E-state index contributed by atoms with van der Waals surface area (Å²) < 4.78 is 0. The van der Waals surface area contributed by atoms with Crippen LogP contribution in [-0.4, -0.2) is 46.2 Å². The molecule has 0 unspecified atom stereocenters. The topological polar surface area (TPSA) is 121 Å². The first-order valence-corrected chi connectivity index (χ1v) is 14.5. The molecule has 1 heterocycles. The quantitative estimate of drug-likeness (QED) is 0.404. The molecule has 4 fully saturated rings. The van der Waals surface area contributed by atoms with Crippen molar-refractivity contribution in [3.63, 3.8) is 0 Å². The Balaban J connectivity index is 1.44. The number of amides is 2. The summed E-state index contributed by atoms with van der Waals surface area (Å²) >= 11 is 0. The zero-order valence-electron chi connectivity index (χ0n) is 22.8. The summed E-state index contributed by atoms with van der Waals surface area (Å²) in [7, 11) is 0. The number of carboxylic acid groups (broad SMARTS) is 1. The lowest BCUT2D eigenvalue weighted by Gasteiger charge is -2.58. The van der Waals surface area contributed by atoms with Gasteiger partial charge in [0.05, 0.1) is 12.2 Å². The summed E-state index contributed by atoms with van der Waals surface area (Å²) in [5.41, 5.74) is 8.35. The number of carboxylic acids is 1. The highest BCUT2D eigenvalue weighted by Crippen LogP contribution is 2.62. The van der Waals surface area contributed by atoms with Crippen LogP contribution >= 0.6 is 0 Å². The lowest BCUT2D eigenvalue weighted by atomic mass is 9.48. The number of nitrogens with two attached hydrogens (primary N) is 1. The highest BCUT2D eigenvalue weighted by Gasteiger charge is 2.53. The van der Waals surface area contributed by atoms with Crippen LogP contribution in [0.3, 0.4) is 0 Å². The molecule has 2 aromatic rings. The van der Waals surface area contributed by atoms with Gasteiger partial charge in [-0.15, -0.1) is 0 Å². The predicted molar refractivity (Wildman–Crippen MR) is 150 cm³/mol. The Morgan fingerprint density at radius 2 is 1.62 bits per heavy atom. The molecular weight excluding hydrogens is 506 g/mol. The maximum absolute atomic E-state index is 14.8. The molecule has 0 saturated heterocycles. The molecule has 4 aliphatic carbocycles. The van der Waals surface area contributed by atoms with E-state index in [-0.39, 0.29) is 36.6 Å². The second kappa shape index (κ2) is 10.4. The first-order valence-electron chi connectivity index (χ1n) is 14.5. The van der Waals surface area contributed by atoms with Crippen LogP contribution in [0.25, 0.3) is 0 Å². The van der Waals surface area contributed by atoms with Crippen LogP contribution in [0.1, 0.15) is 73.7 Å². The fourth-order valence-corrected chi connectivity index (χ4v) is 8.60. The number of nitrogens with zero attached hydrogens (tertiary/aromatic N) is 2. The van der Waals surface area contributed by atoms with Gasteiger partial charge >= 0.3 is 5.97 Å². The van der Waals surface area contributed by atoms with Gasteiger partial charge < -0.3 is 20.6 Å². The van der Waals surface area contributed by atoms with Gasteiger partial charge in [0, 0.05) is 24.2 Å². The SMILES string of the molecule is Nc1cccc(CN2C(=O)[C@@H](CC34CC5CC(CC(C5)C3)C4)N(C(=O)CC(=O)O)CCC(=O)c3ccccc32)c1. The fraction of sp³-hybridized carbons (Fsp3) is 0.500. The van der Waals surface area contributed by atoms with E-state index in [1.807, 2.05) is 24.3 Å². The molecular formula is C32H37N3O5. The van der Waals surface area contributed by atoms with Gasteiger partial charge in [-0.2, -0.15) is 0 Å². The molecule has 4 bridgehead atoms. The first kappa shape index (κ1) is 26.5. The summed E-state index contributed by atoms with van der Waals surface area (Å²) in [6.45, 7) is 0.209. The molecule has 2 amide bonds. The van der Waals surface area contributed by atoms with Gasteiger partial charge in [-0.3, -0.25) is 19.2 Å². The van der Waals surface area contributed by atoms with Crippen molar-refractivity contribution in [2.45, 2.75) is 70.4 Å². The molecule has 210 valence electrons. The van der Waals surface area contributed by atoms with Crippen LogP contribution in [0.15, 0.2) is 48.5 Å².